The molecule has 0 bridgehead atoms. The van der Waals surface area contributed by atoms with Crippen molar-refractivity contribution in [2.45, 2.75) is 0 Å². The van der Waals surface area contributed by atoms with Crippen LogP contribution in [0.4, 0.5) is 0 Å². The van der Waals surface area contributed by atoms with Gasteiger partial charge in [0.25, 0.3) is 0 Å². The molecule has 1 N–H and O–H groups in total. The molecule has 2 heteroatoms. The molecule has 0 aliphatic carbocycles. The van der Waals surface area contributed by atoms with E-state index in [1.54, 1.807) is 12.3 Å². The largest absolute Gasteiger partial charge is 0.465 e. The molecule has 2 nitrogen and oxygen atoms in total. The fourth-order valence-electron chi connectivity index (χ4n) is 0.685. The number of rotatable bonds is 1. The zero-order valence-corrected chi connectivity index (χ0v) is 6.73. The highest BCUT2D eigenvalue weighted by molar-refractivity contribution is 5.38. The Kier molecular flexibility index (Phi) is 3.51. The maximum absolute atomic E-state index is 4.86. The van der Waals surface area contributed by atoms with Crippen LogP contribution in [0.2, 0.25) is 0 Å². The topological polar surface area (TPSA) is 28.9 Å². The van der Waals surface area contributed by atoms with Gasteiger partial charge in [0.05, 0.1) is 6.26 Å². The molecule has 12 heavy (non-hydrogen) atoms. The Morgan fingerprint density at radius 2 is 2.00 bits per heavy atom. The predicted octanol–water partition coefficient (Wildman–Crippen LogP) is 2.94. The first-order valence-electron chi connectivity index (χ1n) is 3.67. The van der Waals surface area contributed by atoms with Gasteiger partial charge in [0, 0.05) is 12.4 Å². The quantitative estimate of drug-likeness (QED) is 0.684. The number of hydrogen-bond acceptors (Lipinski definition) is 1. The lowest BCUT2D eigenvalue weighted by molar-refractivity contribution is 0.557. The van der Waals surface area contributed by atoms with E-state index in [-0.39, 0.29) is 0 Å². The maximum atomic E-state index is 4.86. The van der Waals surface area contributed by atoms with Crippen molar-refractivity contribution in [2.75, 3.05) is 0 Å². The van der Waals surface area contributed by atoms with Crippen molar-refractivity contribution in [1.29, 1.82) is 0 Å². The Labute approximate surface area is 71.5 Å². The standard InChI is InChI=1S/C6H6O.C4H5N/c1-2-6-4-3-5-7-6;1-2-4-5-3-1/h2-5H,1H2;1-5H. The van der Waals surface area contributed by atoms with Crippen LogP contribution in [0.15, 0.2) is 53.9 Å². The number of H-pyrrole nitrogens is 1. The van der Waals surface area contributed by atoms with Crippen LogP contribution in [0.5, 0.6) is 0 Å². The highest BCUT2D eigenvalue weighted by atomic mass is 16.3. The van der Waals surface area contributed by atoms with Crippen LogP contribution in [-0.4, -0.2) is 4.98 Å². The second kappa shape index (κ2) is 5.02. The zero-order valence-electron chi connectivity index (χ0n) is 6.73. The first kappa shape index (κ1) is 8.40. The van der Waals surface area contributed by atoms with E-state index in [0.717, 1.165) is 5.76 Å². The van der Waals surface area contributed by atoms with E-state index in [1.807, 2.05) is 36.7 Å². The van der Waals surface area contributed by atoms with Crippen LogP contribution in [0.3, 0.4) is 0 Å². The Balaban J connectivity index is 0.000000127. The third-order valence-electron chi connectivity index (χ3n) is 1.24. The number of aromatic nitrogens is 1. The second-order valence-electron chi connectivity index (χ2n) is 2.10. The number of furan rings is 1. The van der Waals surface area contributed by atoms with E-state index in [4.69, 9.17) is 4.42 Å². The molecule has 0 radical (unpaired) electrons. The van der Waals surface area contributed by atoms with Crippen LogP contribution < -0.4 is 0 Å². The fraction of sp³-hybridized carbons (Fsp3) is 0. The summed E-state index contributed by atoms with van der Waals surface area (Å²) in [6, 6.07) is 7.57. The molecule has 2 aromatic heterocycles. The van der Waals surface area contributed by atoms with Crippen LogP contribution >= 0.6 is 0 Å². The molecule has 0 unspecified atom stereocenters. The van der Waals surface area contributed by atoms with Crippen LogP contribution in [0, 0.1) is 0 Å². The number of hydrogen-bond donors (Lipinski definition) is 1. The van der Waals surface area contributed by atoms with Crippen molar-refractivity contribution in [3.63, 3.8) is 0 Å². The third-order valence-corrected chi connectivity index (χ3v) is 1.24. The van der Waals surface area contributed by atoms with Gasteiger partial charge in [-0.15, -0.1) is 0 Å². The molecule has 62 valence electrons. The monoisotopic (exact) mass is 161 g/mol. The lowest BCUT2D eigenvalue weighted by atomic mass is 10.5. The van der Waals surface area contributed by atoms with Crippen molar-refractivity contribution in [3.8, 4) is 0 Å². The van der Waals surface area contributed by atoms with E-state index in [2.05, 4.69) is 11.6 Å². The second-order valence-corrected chi connectivity index (χ2v) is 2.10. The van der Waals surface area contributed by atoms with Crippen molar-refractivity contribution in [1.82, 2.24) is 4.98 Å². The molecule has 0 saturated heterocycles. The minimum absolute atomic E-state index is 0.819. The minimum atomic E-state index is 0.819. The molecule has 2 heterocycles. The smallest absolute Gasteiger partial charge is 0.126 e. The van der Waals surface area contributed by atoms with Crippen molar-refractivity contribution >= 4 is 6.08 Å². The fourth-order valence-corrected chi connectivity index (χ4v) is 0.685. The highest BCUT2D eigenvalue weighted by Gasteiger charge is 1.80. The van der Waals surface area contributed by atoms with Gasteiger partial charge in [-0.1, -0.05) is 6.58 Å². The van der Waals surface area contributed by atoms with Crippen molar-refractivity contribution in [2.24, 2.45) is 0 Å². The van der Waals surface area contributed by atoms with Gasteiger partial charge in [-0.05, 0) is 30.3 Å². The summed E-state index contributed by atoms with van der Waals surface area (Å²) >= 11 is 0. The Morgan fingerprint density at radius 1 is 1.25 bits per heavy atom. The number of nitrogens with one attached hydrogen (secondary N) is 1. The molecule has 0 aliphatic rings. The SMILES string of the molecule is C=Cc1ccco1.c1cc[nH]c1. The lowest BCUT2D eigenvalue weighted by Crippen LogP contribution is -1.50. The van der Waals surface area contributed by atoms with Gasteiger partial charge in [-0.3, -0.25) is 0 Å². The first-order chi connectivity index (χ1) is 5.93. The molecular weight excluding hydrogens is 150 g/mol. The summed E-state index contributed by atoms with van der Waals surface area (Å²) in [6.45, 7) is 3.51. The van der Waals surface area contributed by atoms with E-state index >= 15 is 0 Å². The molecule has 0 atom stereocenters. The third kappa shape index (κ3) is 2.92. The summed E-state index contributed by atoms with van der Waals surface area (Å²) in [7, 11) is 0. The maximum Gasteiger partial charge on any atom is 0.126 e. The molecular formula is C10H11NO. The molecule has 2 aromatic rings. The summed E-state index contributed by atoms with van der Waals surface area (Å²) in [5.74, 6) is 0.819. The van der Waals surface area contributed by atoms with E-state index < -0.39 is 0 Å². The van der Waals surface area contributed by atoms with Gasteiger partial charge in [0.1, 0.15) is 5.76 Å². The summed E-state index contributed by atoms with van der Waals surface area (Å²) in [4.78, 5) is 2.86. The zero-order chi connectivity index (χ0) is 8.65. The summed E-state index contributed by atoms with van der Waals surface area (Å²) in [5, 5.41) is 0. The van der Waals surface area contributed by atoms with Crippen LogP contribution in [0.25, 0.3) is 6.08 Å². The Bertz CT molecular complexity index is 264. The normalized spacial score (nSPS) is 8.33. The van der Waals surface area contributed by atoms with Crippen molar-refractivity contribution in [3.05, 3.63) is 55.3 Å². The van der Waals surface area contributed by atoms with E-state index in [0.29, 0.717) is 0 Å². The molecule has 0 saturated carbocycles. The molecule has 0 aromatic carbocycles. The average Bonchev–Trinajstić information content (AvgIpc) is 2.81. The Morgan fingerprint density at radius 3 is 2.25 bits per heavy atom. The molecule has 0 aliphatic heterocycles. The summed E-state index contributed by atoms with van der Waals surface area (Å²) in [6.07, 6.45) is 7.04. The van der Waals surface area contributed by atoms with Crippen molar-refractivity contribution < 1.29 is 4.42 Å². The number of aromatic amines is 1. The predicted molar refractivity (Wildman–Crippen MR) is 49.6 cm³/mol. The highest BCUT2D eigenvalue weighted by Crippen LogP contribution is 1.98. The minimum Gasteiger partial charge on any atom is -0.465 e. The molecule has 0 fully saturated rings. The van der Waals surface area contributed by atoms with Gasteiger partial charge in [-0.25, -0.2) is 0 Å². The molecule has 2 rings (SSSR count). The lowest BCUT2D eigenvalue weighted by Gasteiger charge is -1.73. The molecule has 0 amide bonds. The van der Waals surface area contributed by atoms with E-state index in [1.165, 1.54) is 0 Å². The average molecular weight is 161 g/mol. The van der Waals surface area contributed by atoms with Gasteiger partial charge < -0.3 is 9.40 Å². The van der Waals surface area contributed by atoms with Crippen LogP contribution in [0.1, 0.15) is 5.76 Å². The van der Waals surface area contributed by atoms with Gasteiger partial charge >= 0.3 is 0 Å². The Hall–Kier alpha value is -1.70. The van der Waals surface area contributed by atoms with Crippen LogP contribution in [-0.2, 0) is 0 Å². The van der Waals surface area contributed by atoms with Gasteiger partial charge in [0.15, 0.2) is 0 Å². The summed E-state index contributed by atoms with van der Waals surface area (Å²) < 4.78 is 4.86. The summed E-state index contributed by atoms with van der Waals surface area (Å²) in [5.41, 5.74) is 0. The first-order valence-corrected chi connectivity index (χ1v) is 3.67. The van der Waals surface area contributed by atoms with E-state index in [9.17, 15) is 0 Å². The van der Waals surface area contributed by atoms with Gasteiger partial charge in [-0.2, -0.15) is 0 Å². The van der Waals surface area contributed by atoms with Gasteiger partial charge in [0.2, 0.25) is 0 Å². The molecule has 0 spiro atoms.